The summed E-state index contributed by atoms with van der Waals surface area (Å²) in [4.78, 5) is 16.0. The summed E-state index contributed by atoms with van der Waals surface area (Å²) >= 11 is 0. The number of nitrogens with two attached hydrogens (primary N) is 1. The summed E-state index contributed by atoms with van der Waals surface area (Å²) in [5.74, 6) is -1.06. The average Bonchev–Trinajstić information content (AvgIpc) is 3.08. The Labute approximate surface area is 152 Å². The summed E-state index contributed by atoms with van der Waals surface area (Å²) in [5, 5.41) is 4.33. The van der Waals surface area contributed by atoms with E-state index in [9.17, 15) is 9.18 Å². The normalized spacial score (nSPS) is 15.4. The number of methoxy groups -OCH3 is 1. The fourth-order valence-electron chi connectivity index (χ4n) is 3.18. The average molecular weight is 361 g/mol. The molecule has 2 heterocycles. The van der Waals surface area contributed by atoms with Crippen LogP contribution in [0.3, 0.4) is 0 Å². The van der Waals surface area contributed by atoms with Crippen molar-refractivity contribution in [2.75, 3.05) is 44.8 Å². The topological polar surface area (TPSA) is 76.6 Å². The van der Waals surface area contributed by atoms with Crippen LogP contribution < -0.4 is 10.6 Å². The van der Waals surface area contributed by atoms with Gasteiger partial charge < -0.3 is 15.4 Å². The molecule has 140 valence electrons. The molecule has 1 aliphatic heterocycles. The standard InChI is InChI=1S/C18H24FN5O2/c1-26-9-8-24-13-14(11-21-24)12-22-4-6-23(7-5-22)17-3-2-15(19)10-16(17)18(20)25/h2-3,10-11,13H,4-9,12H2,1H3,(H2,20,25). The second kappa shape index (κ2) is 8.29. The number of amides is 1. The van der Waals surface area contributed by atoms with Crippen LogP contribution in [0.1, 0.15) is 15.9 Å². The molecule has 2 aromatic rings. The first-order chi connectivity index (χ1) is 12.6. The van der Waals surface area contributed by atoms with Crippen LogP contribution in [0.2, 0.25) is 0 Å². The van der Waals surface area contributed by atoms with E-state index in [4.69, 9.17) is 10.5 Å². The number of carbonyl (C=O) groups excluding carboxylic acids is 1. The molecule has 1 aliphatic rings. The Morgan fingerprint density at radius 1 is 1.31 bits per heavy atom. The van der Waals surface area contributed by atoms with Gasteiger partial charge in [-0.25, -0.2) is 4.39 Å². The minimum Gasteiger partial charge on any atom is -0.383 e. The van der Waals surface area contributed by atoms with Gasteiger partial charge >= 0.3 is 0 Å². The molecule has 0 spiro atoms. The molecule has 1 saturated heterocycles. The smallest absolute Gasteiger partial charge is 0.250 e. The van der Waals surface area contributed by atoms with Crippen LogP contribution in [0.15, 0.2) is 30.6 Å². The van der Waals surface area contributed by atoms with E-state index in [1.54, 1.807) is 13.2 Å². The lowest BCUT2D eigenvalue weighted by molar-refractivity contribution is 0.1000. The van der Waals surface area contributed by atoms with E-state index in [0.29, 0.717) is 12.3 Å². The molecule has 1 amide bonds. The van der Waals surface area contributed by atoms with E-state index in [1.807, 2.05) is 17.1 Å². The molecular weight excluding hydrogens is 337 g/mol. The quantitative estimate of drug-likeness (QED) is 0.799. The molecule has 8 heteroatoms. The summed E-state index contributed by atoms with van der Waals surface area (Å²) in [6.45, 7) is 5.41. The highest BCUT2D eigenvalue weighted by molar-refractivity contribution is 5.98. The van der Waals surface area contributed by atoms with Gasteiger partial charge in [-0.05, 0) is 18.2 Å². The van der Waals surface area contributed by atoms with Crippen molar-refractivity contribution in [3.63, 3.8) is 0 Å². The lowest BCUT2D eigenvalue weighted by Crippen LogP contribution is -2.46. The second-order valence-corrected chi connectivity index (χ2v) is 6.39. The number of carbonyl (C=O) groups is 1. The molecule has 0 atom stereocenters. The van der Waals surface area contributed by atoms with Crippen molar-refractivity contribution < 1.29 is 13.9 Å². The number of anilines is 1. The minimum absolute atomic E-state index is 0.234. The molecule has 1 aromatic carbocycles. The van der Waals surface area contributed by atoms with Crippen LogP contribution in [0, 0.1) is 5.82 Å². The fourth-order valence-corrected chi connectivity index (χ4v) is 3.18. The predicted octanol–water partition coefficient (Wildman–Crippen LogP) is 1.09. The maximum absolute atomic E-state index is 13.4. The molecule has 1 fully saturated rings. The third kappa shape index (κ3) is 4.39. The van der Waals surface area contributed by atoms with Gasteiger partial charge in [0, 0.05) is 57.3 Å². The second-order valence-electron chi connectivity index (χ2n) is 6.39. The summed E-state index contributed by atoms with van der Waals surface area (Å²) in [6, 6.07) is 4.20. The number of piperazine rings is 1. The molecule has 0 saturated carbocycles. The number of halogens is 1. The highest BCUT2D eigenvalue weighted by Crippen LogP contribution is 2.23. The molecular formula is C18H24FN5O2. The first-order valence-electron chi connectivity index (χ1n) is 8.64. The predicted molar refractivity (Wildman–Crippen MR) is 96.5 cm³/mol. The molecule has 0 unspecified atom stereocenters. The lowest BCUT2D eigenvalue weighted by Gasteiger charge is -2.36. The summed E-state index contributed by atoms with van der Waals surface area (Å²) < 4.78 is 20.3. The largest absolute Gasteiger partial charge is 0.383 e. The number of hydrogen-bond acceptors (Lipinski definition) is 5. The van der Waals surface area contributed by atoms with E-state index in [2.05, 4.69) is 14.9 Å². The molecule has 1 aromatic heterocycles. The number of rotatable bonds is 7. The molecule has 26 heavy (non-hydrogen) atoms. The van der Waals surface area contributed by atoms with Crippen molar-refractivity contribution in [1.82, 2.24) is 14.7 Å². The number of primary amides is 1. The van der Waals surface area contributed by atoms with E-state index >= 15 is 0 Å². The summed E-state index contributed by atoms with van der Waals surface area (Å²) in [6.07, 6.45) is 3.92. The van der Waals surface area contributed by atoms with Crippen molar-refractivity contribution in [1.29, 1.82) is 0 Å². The van der Waals surface area contributed by atoms with E-state index < -0.39 is 11.7 Å². The number of benzene rings is 1. The van der Waals surface area contributed by atoms with Gasteiger partial charge in [0.25, 0.3) is 5.91 Å². The van der Waals surface area contributed by atoms with Gasteiger partial charge in [-0.3, -0.25) is 14.4 Å². The van der Waals surface area contributed by atoms with Gasteiger partial charge in [-0.15, -0.1) is 0 Å². The molecule has 0 aliphatic carbocycles. The van der Waals surface area contributed by atoms with Gasteiger partial charge in [-0.2, -0.15) is 5.10 Å². The van der Waals surface area contributed by atoms with Crippen LogP contribution in [0.4, 0.5) is 10.1 Å². The zero-order valence-electron chi connectivity index (χ0n) is 14.9. The van der Waals surface area contributed by atoms with Crippen LogP contribution in [0.5, 0.6) is 0 Å². The van der Waals surface area contributed by atoms with Crippen molar-refractivity contribution in [3.8, 4) is 0 Å². The highest BCUT2D eigenvalue weighted by Gasteiger charge is 2.21. The van der Waals surface area contributed by atoms with Gasteiger partial charge in [0.15, 0.2) is 0 Å². The summed E-state index contributed by atoms with van der Waals surface area (Å²) in [5.41, 5.74) is 7.49. The zero-order valence-corrected chi connectivity index (χ0v) is 14.9. The maximum Gasteiger partial charge on any atom is 0.250 e. The first kappa shape index (κ1) is 18.3. The van der Waals surface area contributed by atoms with E-state index in [1.165, 1.54) is 12.1 Å². The van der Waals surface area contributed by atoms with E-state index in [0.717, 1.165) is 44.8 Å². The molecule has 0 radical (unpaired) electrons. The van der Waals surface area contributed by atoms with Crippen molar-refractivity contribution >= 4 is 11.6 Å². The van der Waals surface area contributed by atoms with Crippen LogP contribution >= 0.6 is 0 Å². The van der Waals surface area contributed by atoms with Crippen molar-refractivity contribution in [2.24, 2.45) is 5.73 Å². The van der Waals surface area contributed by atoms with Crippen LogP contribution in [-0.2, 0) is 17.8 Å². The first-order valence-corrected chi connectivity index (χ1v) is 8.64. The Hall–Kier alpha value is -2.45. The Bertz CT molecular complexity index is 756. The Morgan fingerprint density at radius 3 is 2.77 bits per heavy atom. The maximum atomic E-state index is 13.4. The number of hydrogen-bond donors (Lipinski definition) is 1. The van der Waals surface area contributed by atoms with Gasteiger partial charge in [0.2, 0.25) is 0 Å². The lowest BCUT2D eigenvalue weighted by atomic mass is 10.1. The number of aromatic nitrogens is 2. The minimum atomic E-state index is -0.606. The number of nitrogens with zero attached hydrogens (tertiary/aromatic N) is 4. The van der Waals surface area contributed by atoms with Crippen LogP contribution in [-0.4, -0.2) is 60.5 Å². The van der Waals surface area contributed by atoms with Crippen molar-refractivity contribution in [2.45, 2.75) is 13.1 Å². The Kier molecular flexibility index (Phi) is 5.85. The molecule has 3 rings (SSSR count). The van der Waals surface area contributed by atoms with Crippen molar-refractivity contribution in [3.05, 3.63) is 47.5 Å². The Balaban J connectivity index is 1.58. The molecule has 7 nitrogen and oxygen atoms in total. The Morgan fingerprint density at radius 2 is 2.08 bits per heavy atom. The molecule has 0 bridgehead atoms. The van der Waals surface area contributed by atoms with Gasteiger partial charge in [-0.1, -0.05) is 0 Å². The highest BCUT2D eigenvalue weighted by atomic mass is 19.1. The SMILES string of the molecule is COCCn1cc(CN2CCN(c3ccc(F)cc3C(N)=O)CC2)cn1. The third-order valence-electron chi connectivity index (χ3n) is 4.55. The number of ether oxygens (including phenoxy) is 1. The summed E-state index contributed by atoms with van der Waals surface area (Å²) in [7, 11) is 1.68. The fraction of sp³-hybridized carbons (Fsp3) is 0.444. The monoisotopic (exact) mass is 361 g/mol. The van der Waals surface area contributed by atoms with Gasteiger partial charge in [0.1, 0.15) is 5.82 Å². The van der Waals surface area contributed by atoms with Crippen LogP contribution in [0.25, 0.3) is 0 Å². The molecule has 2 N–H and O–H groups in total. The zero-order chi connectivity index (χ0) is 18.5. The van der Waals surface area contributed by atoms with Gasteiger partial charge in [0.05, 0.1) is 24.9 Å². The van der Waals surface area contributed by atoms with E-state index in [-0.39, 0.29) is 5.56 Å². The third-order valence-corrected chi connectivity index (χ3v) is 4.55.